The van der Waals surface area contributed by atoms with E-state index in [9.17, 15) is 13.6 Å². The number of rotatable bonds is 4. The van der Waals surface area contributed by atoms with Crippen molar-refractivity contribution in [3.8, 4) is 0 Å². The van der Waals surface area contributed by atoms with Gasteiger partial charge in [-0.3, -0.25) is 4.79 Å². The van der Waals surface area contributed by atoms with E-state index < -0.39 is 5.76 Å². The monoisotopic (exact) mass is 348 g/mol. The van der Waals surface area contributed by atoms with Crippen LogP contribution in [0.4, 0.5) is 14.5 Å². The van der Waals surface area contributed by atoms with Crippen LogP contribution < -0.4 is 10.6 Å². The largest absolute Gasteiger partial charge is 0.326 e. The molecule has 1 spiro atoms. The van der Waals surface area contributed by atoms with Crippen LogP contribution in [0.2, 0.25) is 0 Å². The zero-order valence-electron chi connectivity index (χ0n) is 12.0. The first-order valence-corrected chi connectivity index (χ1v) is 8.03. The van der Waals surface area contributed by atoms with Gasteiger partial charge in [-0.1, -0.05) is 11.8 Å². The SMILES string of the molecule is Cl.O=C(Nc1ccc(SC(F)F)cc1)C1CC12CCNCC2. The molecule has 122 valence electrons. The summed E-state index contributed by atoms with van der Waals surface area (Å²) in [6, 6.07) is 6.58. The van der Waals surface area contributed by atoms with Crippen molar-refractivity contribution in [1.82, 2.24) is 5.32 Å². The Balaban J connectivity index is 0.00000176. The first-order chi connectivity index (χ1) is 10.1. The molecule has 1 unspecified atom stereocenters. The summed E-state index contributed by atoms with van der Waals surface area (Å²) in [5, 5.41) is 6.22. The number of hydrogen-bond acceptors (Lipinski definition) is 3. The quantitative estimate of drug-likeness (QED) is 0.814. The van der Waals surface area contributed by atoms with E-state index in [1.54, 1.807) is 24.3 Å². The maximum absolute atomic E-state index is 12.3. The van der Waals surface area contributed by atoms with Crippen molar-refractivity contribution in [3.63, 3.8) is 0 Å². The maximum atomic E-state index is 12.3. The standard InChI is InChI=1S/C15H18F2N2OS.ClH/c16-14(17)21-11-3-1-10(2-4-11)19-13(20)12-9-15(12)5-7-18-8-6-15;/h1-4,12,14,18H,5-9H2,(H,19,20);1H. The predicted molar refractivity (Wildman–Crippen MR) is 86.8 cm³/mol. The van der Waals surface area contributed by atoms with Crippen LogP contribution in [0.5, 0.6) is 0 Å². The molecule has 2 N–H and O–H groups in total. The van der Waals surface area contributed by atoms with E-state index in [0.717, 1.165) is 32.4 Å². The van der Waals surface area contributed by atoms with E-state index in [-0.39, 0.29) is 29.6 Å². The molecule has 1 aliphatic carbocycles. The van der Waals surface area contributed by atoms with Crippen molar-refractivity contribution < 1.29 is 13.6 Å². The Hall–Kier alpha value is -0.850. The first kappa shape index (κ1) is 17.5. The second kappa shape index (κ2) is 7.15. The van der Waals surface area contributed by atoms with E-state index in [1.807, 2.05) is 0 Å². The number of benzene rings is 1. The third kappa shape index (κ3) is 3.91. The van der Waals surface area contributed by atoms with Gasteiger partial charge in [-0.2, -0.15) is 8.78 Å². The van der Waals surface area contributed by atoms with Gasteiger partial charge in [-0.25, -0.2) is 0 Å². The van der Waals surface area contributed by atoms with Crippen LogP contribution in [-0.4, -0.2) is 24.8 Å². The van der Waals surface area contributed by atoms with Crippen LogP contribution in [0.3, 0.4) is 0 Å². The second-order valence-electron chi connectivity index (χ2n) is 5.76. The van der Waals surface area contributed by atoms with E-state index in [1.165, 1.54) is 0 Å². The molecule has 1 aromatic carbocycles. The molecule has 7 heteroatoms. The highest BCUT2D eigenvalue weighted by atomic mass is 35.5. The number of hydrogen-bond donors (Lipinski definition) is 2. The smallest absolute Gasteiger partial charge is 0.288 e. The molecular weight excluding hydrogens is 330 g/mol. The summed E-state index contributed by atoms with van der Waals surface area (Å²) in [7, 11) is 0. The lowest BCUT2D eigenvalue weighted by molar-refractivity contribution is -0.118. The molecule has 22 heavy (non-hydrogen) atoms. The number of thioether (sulfide) groups is 1. The average Bonchev–Trinajstić information content (AvgIpc) is 3.15. The highest BCUT2D eigenvalue weighted by Gasteiger charge is 2.57. The van der Waals surface area contributed by atoms with Crippen LogP contribution >= 0.6 is 24.2 Å². The summed E-state index contributed by atoms with van der Waals surface area (Å²) in [5.74, 6) is -2.25. The fraction of sp³-hybridized carbons (Fsp3) is 0.533. The number of carbonyl (C=O) groups is 1. The molecule has 1 amide bonds. The predicted octanol–water partition coefficient (Wildman–Crippen LogP) is 3.75. The van der Waals surface area contributed by atoms with Crippen molar-refractivity contribution >= 4 is 35.8 Å². The normalized spacial score (nSPS) is 22.2. The Kier molecular flexibility index (Phi) is 5.69. The van der Waals surface area contributed by atoms with Crippen LogP contribution in [-0.2, 0) is 4.79 Å². The maximum Gasteiger partial charge on any atom is 0.288 e. The van der Waals surface area contributed by atoms with Crippen molar-refractivity contribution in [3.05, 3.63) is 24.3 Å². The number of alkyl halides is 2. The van der Waals surface area contributed by atoms with Crippen LogP contribution in [0, 0.1) is 11.3 Å². The van der Waals surface area contributed by atoms with E-state index in [0.29, 0.717) is 22.3 Å². The molecule has 1 aromatic rings. The highest BCUT2D eigenvalue weighted by molar-refractivity contribution is 7.99. The fourth-order valence-corrected chi connectivity index (χ4v) is 3.64. The molecule has 1 saturated carbocycles. The van der Waals surface area contributed by atoms with Gasteiger partial charge in [-0.15, -0.1) is 12.4 Å². The van der Waals surface area contributed by atoms with E-state index in [2.05, 4.69) is 10.6 Å². The Bertz CT molecular complexity index is 521. The number of amides is 1. The topological polar surface area (TPSA) is 41.1 Å². The zero-order valence-corrected chi connectivity index (χ0v) is 13.6. The van der Waals surface area contributed by atoms with Crippen LogP contribution in [0.25, 0.3) is 0 Å². The molecule has 1 saturated heterocycles. The molecule has 2 fully saturated rings. The molecule has 3 rings (SSSR count). The molecule has 1 atom stereocenters. The number of anilines is 1. The van der Waals surface area contributed by atoms with E-state index >= 15 is 0 Å². The second-order valence-corrected chi connectivity index (χ2v) is 6.82. The summed E-state index contributed by atoms with van der Waals surface area (Å²) in [5.41, 5.74) is 0.885. The van der Waals surface area contributed by atoms with Crippen LogP contribution in [0.15, 0.2) is 29.2 Å². The van der Waals surface area contributed by atoms with Gasteiger partial charge in [0, 0.05) is 16.5 Å². The molecule has 3 nitrogen and oxygen atoms in total. The molecule has 0 radical (unpaired) electrons. The lowest BCUT2D eigenvalue weighted by atomic mass is 9.92. The summed E-state index contributed by atoms with van der Waals surface area (Å²) in [6.07, 6.45) is 3.10. The third-order valence-electron chi connectivity index (χ3n) is 4.45. The minimum atomic E-state index is -2.42. The Morgan fingerprint density at radius 2 is 1.91 bits per heavy atom. The average molecular weight is 349 g/mol. The minimum absolute atomic E-state index is 0. The zero-order chi connectivity index (χ0) is 14.9. The minimum Gasteiger partial charge on any atom is -0.326 e. The molecule has 1 heterocycles. The van der Waals surface area contributed by atoms with Crippen molar-refractivity contribution in [2.45, 2.75) is 29.9 Å². The molecular formula is C15H19ClF2N2OS. The van der Waals surface area contributed by atoms with Crippen LogP contribution in [0.1, 0.15) is 19.3 Å². The summed E-state index contributed by atoms with van der Waals surface area (Å²) >= 11 is 0.509. The van der Waals surface area contributed by atoms with Crippen molar-refractivity contribution in [2.75, 3.05) is 18.4 Å². The van der Waals surface area contributed by atoms with Gasteiger partial charge in [0.25, 0.3) is 5.76 Å². The molecule has 1 aliphatic heterocycles. The Morgan fingerprint density at radius 3 is 2.50 bits per heavy atom. The van der Waals surface area contributed by atoms with Gasteiger partial charge in [0.2, 0.25) is 5.91 Å². The third-order valence-corrected chi connectivity index (χ3v) is 5.18. The van der Waals surface area contributed by atoms with Gasteiger partial charge in [-0.05, 0) is 62.0 Å². The number of piperidine rings is 1. The number of nitrogens with one attached hydrogen (secondary N) is 2. The van der Waals surface area contributed by atoms with Gasteiger partial charge >= 0.3 is 0 Å². The summed E-state index contributed by atoms with van der Waals surface area (Å²) in [4.78, 5) is 12.8. The molecule has 0 bridgehead atoms. The fourth-order valence-electron chi connectivity index (χ4n) is 3.14. The highest BCUT2D eigenvalue weighted by Crippen LogP contribution is 2.58. The lowest BCUT2D eigenvalue weighted by Gasteiger charge is -2.23. The number of halogens is 3. The summed E-state index contributed by atoms with van der Waals surface area (Å²) in [6.45, 7) is 1.98. The van der Waals surface area contributed by atoms with Gasteiger partial charge in [0.05, 0.1) is 0 Å². The van der Waals surface area contributed by atoms with Crippen molar-refractivity contribution in [2.24, 2.45) is 11.3 Å². The Labute approximate surface area is 139 Å². The van der Waals surface area contributed by atoms with Gasteiger partial charge in [0.1, 0.15) is 0 Å². The Morgan fingerprint density at radius 1 is 1.27 bits per heavy atom. The molecule has 2 aliphatic rings. The van der Waals surface area contributed by atoms with Gasteiger partial charge in [0.15, 0.2) is 0 Å². The van der Waals surface area contributed by atoms with Gasteiger partial charge < -0.3 is 10.6 Å². The lowest BCUT2D eigenvalue weighted by Crippen LogP contribution is -2.31. The number of carbonyl (C=O) groups excluding carboxylic acids is 1. The first-order valence-electron chi connectivity index (χ1n) is 7.16. The van der Waals surface area contributed by atoms with E-state index in [4.69, 9.17) is 0 Å². The summed E-state index contributed by atoms with van der Waals surface area (Å²) < 4.78 is 24.5. The van der Waals surface area contributed by atoms with Crippen molar-refractivity contribution in [1.29, 1.82) is 0 Å². The molecule has 0 aromatic heterocycles.